The maximum Gasteiger partial charge on any atom is 0.160 e. The molecule has 0 saturated heterocycles. The largest absolute Gasteiger partial charge is 0.309 e. The maximum atomic E-state index is 5.31. The van der Waals surface area contributed by atoms with Crippen LogP contribution in [0, 0.1) is 0 Å². The summed E-state index contributed by atoms with van der Waals surface area (Å²) in [5.74, 6) is 0.695. The van der Waals surface area contributed by atoms with Gasteiger partial charge in [-0.25, -0.2) is 9.97 Å². The Morgan fingerprint density at radius 3 is 1.53 bits per heavy atom. The van der Waals surface area contributed by atoms with E-state index in [0.717, 1.165) is 39.3 Å². The van der Waals surface area contributed by atoms with Crippen LogP contribution in [0.4, 0.5) is 0 Å². The Morgan fingerprint density at radius 2 is 0.848 bits per heavy atom. The van der Waals surface area contributed by atoms with E-state index in [1.54, 1.807) is 0 Å². The Morgan fingerprint density at radius 1 is 0.333 bits per heavy atom. The van der Waals surface area contributed by atoms with Crippen molar-refractivity contribution in [2.45, 2.75) is 5.41 Å². The maximum absolute atomic E-state index is 5.31. The van der Waals surface area contributed by atoms with Crippen LogP contribution in [0.2, 0.25) is 0 Å². The second kappa shape index (κ2) is 14.2. The third kappa shape index (κ3) is 5.20. The lowest BCUT2D eigenvalue weighted by Gasteiger charge is -2.31. The first kappa shape index (κ1) is 36.8. The fourth-order valence-corrected chi connectivity index (χ4v) is 11.5. The molecule has 2 aromatic heterocycles. The molecule has 306 valence electrons. The second-order valence-electron chi connectivity index (χ2n) is 17.6. The van der Waals surface area contributed by atoms with Crippen LogP contribution < -0.4 is 0 Å². The molecular formula is C63H39N3. The van der Waals surface area contributed by atoms with Gasteiger partial charge in [0.2, 0.25) is 0 Å². The predicted octanol–water partition coefficient (Wildman–Crippen LogP) is 15.7. The van der Waals surface area contributed by atoms with Crippen LogP contribution in [0.3, 0.4) is 0 Å². The molecule has 0 saturated carbocycles. The Balaban J connectivity index is 0.953. The molecule has 0 bridgehead atoms. The highest BCUT2D eigenvalue weighted by molar-refractivity contribution is 6.10. The fraction of sp³-hybridized carbons (Fsp3) is 0.0159. The first-order valence-corrected chi connectivity index (χ1v) is 22.7. The molecule has 66 heavy (non-hydrogen) atoms. The molecule has 2 aliphatic carbocycles. The summed E-state index contributed by atoms with van der Waals surface area (Å²) in [6, 6.07) is 86.2. The van der Waals surface area contributed by atoms with E-state index < -0.39 is 5.41 Å². The van der Waals surface area contributed by atoms with Gasteiger partial charge in [0.05, 0.1) is 27.8 Å². The molecule has 0 fully saturated rings. The van der Waals surface area contributed by atoms with E-state index >= 15 is 0 Å². The van der Waals surface area contributed by atoms with Crippen LogP contribution in [-0.4, -0.2) is 14.5 Å². The second-order valence-corrected chi connectivity index (χ2v) is 17.6. The van der Waals surface area contributed by atoms with Crippen molar-refractivity contribution in [3.63, 3.8) is 0 Å². The highest BCUT2D eigenvalue weighted by Crippen LogP contribution is 2.65. The predicted molar refractivity (Wildman–Crippen MR) is 272 cm³/mol. The Kier molecular flexibility index (Phi) is 7.90. The van der Waals surface area contributed by atoms with Gasteiger partial charge in [-0.05, 0) is 109 Å². The average Bonchev–Trinajstić information content (AvgIpc) is 4.01. The number of benzene rings is 10. The van der Waals surface area contributed by atoms with Gasteiger partial charge in [-0.15, -0.1) is 0 Å². The van der Waals surface area contributed by atoms with Crippen molar-refractivity contribution in [2.24, 2.45) is 0 Å². The molecule has 2 aliphatic rings. The quantitative estimate of drug-likeness (QED) is 0.173. The van der Waals surface area contributed by atoms with Gasteiger partial charge in [0.15, 0.2) is 5.82 Å². The first-order chi connectivity index (χ1) is 32.7. The van der Waals surface area contributed by atoms with Crippen molar-refractivity contribution in [3.05, 3.63) is 259 Å². The summed E-state index contributed by atoms with van der Waals surface area (Å²) >= 11 is 0. The molecule has 12 aromatic rings. The Labute approximate surface area is 382 Å². The molecular weight excluding hydrogens is 799 g/mol. The van der Waals surface area contributed by atoms with Gasteiger partial charge in [-0.1, -0.05) is 194 Å². The summed E-state index contributed by atoms with van der Waals surface area (Å²) in [6.07, 6.45) is 0. The van der Waals surface area contributed by atoms with Crippen LogP contribution in [0.1, 0.15) is 22.3 Å². The number of hydrogen-bond acceptors (Lipinski definition) is 2. The fourth-order valence-electron chi connectivity index (χ4n) is 11.5. The summed E-state index contributed by atoms with van der Waals surface area (Å²) in [7, 11) is 0. The molecule has 14 rings (SSSR count). The lowest BCUT2D eigenvalue weighted by atomic mass is 9.69. The van der Waals surface area contributed by atoms with E-state index in [1.807, 2.05) is 6.07 Å². The molecule has 3 heteroatoms. The molecule has 2 heterocycles. The average molecular weight is 838 g/mol. The molecule has 0 atom stereocenters. The van der Waals surface area contributed by atoms with E-state index in [4.69, 9.17) is 9.97 Å². The van der Waals surface area contributed by atoms with E-state index in [-0.39, 0.29) is 0 Å². The third-order valence-electron chi connectivity index (χ3n) is 14.2. The van der Waals surface area contributed by atoms with E-state index in [9.17, 15) is 0 Å². The SMILES string of the molecule is c1ccc(-c2nc(-c3ccc(-n4c5ccccc5c5ccccc54)cc3)cc(-c3cccc(-c4cc5ccccc5c5c4-c4ccccc4C54c5ccccc5-c5ccccc54)c3)n2)cc1. The standard InChI is InChI=1S/C63H39N3/c1-2-17-41(18-3-1)62-64-56(40-33-35-45(36-34-40)66-58-31-14-9-25-49(58)50-26-10-15-32-59(50)66)39-57(65-62)44-21-16-20-42(37-44)52-38-43-19-4-5-22-46(43)61-60(52)51-27-8-13-30-55(51)63(61)53-28-11-6-23-47(53)48-24-7-12-29-54(48)63/h1-39H. The number of nitrogens with zero attached hydrogens (tertiary/aromatic N) is 3. The highest BCUT2D eigenvalue weighted by atomic mass is 15.0. The Bertz CT molecular complexity index is 3840. The van der Waals surface area contributed by atoms with Crippen LogP contribution in [0.5, 0.6) is 0 Å². The number of para-hydroxylation sites is 2. The van der Waals surface area contributed by atoms with Gasteiger partial charge in [0, 0.05) is 33.2 Å². The van der Waals surface area contributed by atoms with Gasteiger partial charge in [-0.3, -0.25) is 0 Å². The lowest BCUT2D eigenvalue weighted by molar-refractivity contribution is 0.801. The Hall–Kier alpha value is -8.66. The van der Waals surface area contributed by atoms with Gasteiger partial charge in [0.1, 0.15) is 0 Å². The monoisotopic (exact) mass is 837 g/mol. The number of rotatable bonds is 5. The summed E-state index contributed by atoms with van der Waals surface area (Å²) in [6.45, 7) is 0. The molecule has 0 amide bonds. The molecule has 0 radical (unpaired) electrons. The van der Waals surface area contributed by atoms with Gasteiger partial charge >= 0.3 is 0 Å². The number of fused-ring (bicyclic) bond motifs is 15. The van der Waals surface area contributed by atoms with Crippen molar-refractivity contribution >= 4 is 32.6 Å². The molecule has 3 nitrogen and oxygen atoms in total. The van der Waals surface area contributed by atoms with Crippen LogP contribution >= 0.6 is 0 Å². The molecule has 10 aromatic carbocycles. The summed E-state index contributed by atoms with van der Waals surface area (Å²) in [5, 5.41) is 5.01. The topological polar surface area (TPSA) is 30.7 Å². The summed E-state index contributed by atoms with van der Waals surface area (Å²) in [5.41, 5.74) is 20.8. The zero-order valence-electron chi connectivity index (χ0n) is 35.9. The molecule has 0 unspecified atom stereocenters. The number of aromatic nitrogens is 3. The smallest absolute Gasteiger partial charge is 0.160 e. The molecule has 0 aliphatic heterocycles. The highest BCUT2D eigenvalue weighted by Gasteiger charge is 2.53. The van der Waals surface area contributed by atoms with Crippen LogP contribution in [0.25, 0.3) is 106 Å². The van der Waals surface area contributed by atoms with Gasteiger partial charge in [-0.2, -0.15) is 0 Å². The van der Waals surface area contributed by atoms with Crippen LogP contribution in [0.15, 0.2) is 237 Å². The first-order valence-electron chi connectivity index (χ1n) is 22.7. The third-order valence-corrected chi connectivity index (χ3v) is 14.2. The van der Waals surface area contributed by atoms with E-state index in [1.165, 1.54) is 82.6 Å². The van der Waals surface area contributed by atoms with Crippen molar-refractivity contribution in [1.29, 1.82) is 0 Å². The number of hydrogen-bond donors (Lipinski definition) is 0. The van der Waals surface area contributed by atoms with Crippen molar-refractivity contribution in [3.8, 4) is 73.0 Å². The van der Waals surface area contributed by atoms with E-state index in [0.29, 0.717) is 5.82 Å². The van der Waals surface area contributed by atoms with Crippen molar-refractivity contribution in [2.75, 3.05) is 0 Å². The zero-order valence-corrected chi connectivity index (χ0v) is 35.9. The van der Waals surface area contributed by atoms with E-state index in [2.05, 4.69) is 235 Å². The summed E-state index contributed by atoms with van der Waals surface area (Å²) in [4.78, 5) is 10.6. The summed E-state index contributed by atoms with van der Waals surface area (Å²) < 4.78 is 2.36. The minimum Gasteiger partial charge on any atom is -0.309 e. The molecule has 0 N–H and O–H groups in total. The minimum atomic E-state index is -0.463. The van der Waals surface area contributed by atoms with Crippen molar-refractivity contribution < 1.29 is 0 Å². The van der Waals surface area contributed by atoms with Crippen molar-refractivity contribution in [1.82, 2.24) is 14.5 Å². The normalized spacial score (nSPS) is 13.0. The van der Waals surface area contributed by atoms with Gasteiger partial charge < -0.3 is 4.57 Å². The minimum absolute atomic E-state index is 0.463. The van der Waals surface area contributed by atoms with Crippen LogP contribution in [-0.2, 0) is 5.41 Å². The lowest BCUT2D eigenvalue weighted by Crippen LogP contribution is -2.26. The zero-order chi connectivity index (χ0) is 43.3. The molecule has 1 spiro atoms. The van der Waals surface area contributed by atoms with Gasteiger partial charge in [0.25, 0.3) is 0 Å².